The number of rotatable bonds is 13. The number of hydrogen-bond donors (Lipinski definition) is 2. The van der Waals surface area contributed by atoms with E-state index in [1.165, 1.54) is 64.2 Å². The highest BCUT2D eigenvalue weighted by molar-refractivity contribution is 8.93. The Kier molecular flexibility index (Phi) is 16.9. The lowest BCUT2D eigenvalue weighted by Gasteiger charge is -2.26. The van der Waals surface area contributed by atoms with Crippen LogP contribution in [0.5, 0.6) is 0 Å². The van der Waals surface area contributed by atoms with Crippen molar-refractivity contribution in [1.82, 2.24) is 5.32 Å². The van der Waals surface area contributed by atoms with Gasteiger partial charge < -0.3 is 10.4 Å². The molecule has 0 fully saturated rings. The topological polar surface area (TPSA) is 32.3 Å². The predicted octanol–water partition coefficient (Wildman–Crippen LogP) is 4.85. The van der Waals surface area contributed by atoms with Crippen molar-refractivity contribution in [2.45, 2.75) is 90.5 Å². The largest absolute Gasteiger partial charge is 0.395 e. The van der Waals surface area contributed by atoms with E-state index in [2.05, 4.69) is 26.1 Å². The predicted molar refractivity (Wildman–Crippen MR) is 91.3 cm³/mol. The van der Waals surface area contributed by atoms with E-state index < -0.39 is 0 Å². The zero-order valence-electron chi connectivity index (χ0n) is 13.3. The number of nitrogens with one attached hydrogen (secondary N) is 1. The number of aliphatic hydroxyl groups is 1. The van der Waals surface area contributed by atoms with Gasteiger partial charge in [0.25, 0.3) is 0 Å². The molecule has 2 N–H and O–H groups in total. The molecule has 0 aromatic carbocycles. The Balaban J connectivity index is 0. The van der Waals surface area contributed by atoms with E-state index in [0.717, 1.165) is 0 Å². The molecule has 118 valence electrons. The van der Waals surface area contributed by atoms with Crippen molar-refractivity contribution in [2.24, 2.45) is 0 Å². The van der Waals surface area contributed by atoms with Crippen LogP contribution >= 0.6 is 17.0 Å². The molecular formula is C16H36BrNO. The van der Waals surface area contributed by atoms with Crippen LogP contribution in [0.15, 0.2) is 0 Å². The Hall–Kier alpha value is 0.400. The molecule has 0 heterocycles. The maximum Gasteiger partial charge on any atom is 0.0556 e. The van der Waals surface area contributed by atoms with Gasteiger partial charge in [-0.05, 0) is 20.3 Å². The first kappa shape index (κ1) is 21.7. The standard InChI is InChI=1S/C16H35NO.BrH/c1-4-5-6-7-8-9-10-11-12-13-16(2,3)17-14-15-18;/h17-18H,4-15H2,1-3H3;1H. The van der Waals surface area contributed by atoms with Gasteiger partial charge in [-0.15, -0.1) is 17.0 Å². The molecule has 0 saturated carbocycles. The lowest BCUT2D eigenvalue weighted by Crippen LogP contribution is -2.40. The van der Waals surface area contributed by atoms with Crippen LogP contribution in [0, 0.1) is 0 Å². The molecule has 19 heavy (non-hydrogen) atoms. The summed E-state index contributed by atoms with van der Waals surface area (Å²) < 4.78 is 0. The van der Waals surface area contributed by atoms with Crippen LogP contribution in [-0.2, 0) is 0 Å². The van der Waals surface area contributed by atoms with Crippen molar-refractivity contribution < 1.29 is 5.11 Å². The maximum absolute atomic E-state index is 8.80. The van der Waals surface area contributed by atoms with Gasteiger partial charge >= 0.3 is 0 Å². The van der Waals surface area contributed by atoms with Crippen molar-refractivity contribution >= 4 is 17.0 Å². The number of unbranched alkanes of at least 4 members (excludes halogenated alkanes) is 8. The Bertz CT molecular complexity index is 174. The molecule has 0 bridgehead atoms. The van der Waals surface area contributed by atoms with E-state index in [-0.39, 0.29) is 29.1 Å². The number of halogens is 1. The lowest BCUT2D eigenvalue weighted by molar-refractivity contribution is 0.258. The van der Waals surface area contributed by atoms with Gasteiger partial charge in [0, 0.05) is 12.1 Å². The smallest absolute Gasteiger partial charge is 0.0556 e. The van der Waals surface area contributed by atoms with E-state index in [9.17, 15) is 0 Å². The summed E-state index contributed by atoms with van der Waals surface area (Å²) in [5.41, 5.74) is 0.184. The summed E-state index contributed by atoms with van der Waals surface area (Å²) in [4.78, 5) is 0. The molecule has 0 spiro atoms. The summed E-state index contributed by atoms with van der Waals surface area (Å²) in [5.74, 6) is 0. The molecular weight excluding hydrogens is 302 g/mol. The van der Waals surface area contributed by atoms with Crippen molar-refractivity contribution in [2.75, 3.05) is 13.2 Å². The van der Waals surface area contributed by atoms with Crippen molar-refractivity contribution in [3.63, 3.8) is 0 Å². The summed E-state index contributed by atoms with van der Waals surface area (Å²) in [6.45, 7) is 7.68. The molecule has 0 aromatic heterocycles. The van der Waals surface area contributed by atoms with Gasteiger partial charge in [0.05, 0.1) is 6.61 Å². The van der Waals surface area contributed by atoms with Gasteiger partial charge in [-0.1, -0.05) is 64.7 Å². The lowest BCUT2D eigenvalue weighted by atomic mass is 9.96. The average molecular weight is 338 g/mol. The Morgan fingerprint density at radius 1 is 0.842 bits per heavy atom. The van der Waals surface area contributed by atoms with Crippen LogP contribution in [0.4, 0.5) is 0 Å². The summed E-state index contributed by atoms with van der Waals surface area (Å²) in [7, 11) is 0. The zero-order chi connectivity index (χ0) is 13.7. The summed E-state index contributed by atoms with van der Waals surface area (Å²) in [5, 5.41) is 12.2. The van der Waals surface area contributed by atoms with Gasteiger partial charge in [0.1, 0.15) is 0 Å². The minimum absolute atomic E-state index is 0. The summed E-state index contributed by atoms with van der Waals surface area (Å²) in [6, 6.07) is 0. The molecule has 0 unspecified atom stereocenters. The molecule has 0 aliphatic carbocycles. The van der Waals surface area contributed by atoms with Crippen molar-refractivity contribution in [3.8, 4) is 0 Å². The average Bonchev–Trinajstić information content (AvgIpc) is 2.34. The van der Waals surface area contributed by atoms with E-state index >= 15 is 0 Å². The molecule has 0 radical (unpaired) electrons. The second-order valence-corrected chi connectivity index (χ2v) is 6.11. The van der Waals surface area contributed by atoms with Crippen LogP contribution in [0.1, 0.15) is 85.0 Å². The zero-order valence-corrected chi connectivity index (χ0v) is 15.1. The first-order valence-electron chi connectivity index (χ1n) is 7.98. The van der Waals surface area contributed by atoms with Gasteiger partial charge in [-0.2, -0.15) is 0 Å². The normalized spacial score (nSPS) is 11.4. The number of β-amino-alcohol motifs (C(OH)–C–C–N with tert-alkyl or cyclic N) is 1. The van der Waals surface area contributed by atoms with Crippen molar-refractivity contribution in [1.29, 1.82) is 0 Å². The van der Waals surface area contributed by atoms with Crippen LogP contribution in [0.3, 0.4) is 0 Å². The molecule has 2 nitrogen and oxygen atoms in total. The van der Waals surface area contributed by atoms with Crippen LogP contribution in [0.2, 0.25) is 0 Å². The fourth-order valence-corrected chi connectivity index (χ4v) is 2.36. The number of hydrogen-bond acceptors (Lipinski definition) is 2. The van der Waals surface area contributed by atoms with Gasteiger partial charge in [-0.25, -0.2) is 0 Å². The Morgan fingerprint density at radius 2 is 1.32 bits per heavy atom. The van der Waals surface area contributed by atoms with E-state index in [1.807, 2.05) is 0 Å². The minimum Gasteiger partial charge on any atom is -0.395 e. The Morgan fingerprint density at radius 3 is 1.79 bits per heavy atom. The maximum atomic E-state index is 8.80. The SMILES string of the molecule is Br.CCCCCCCCCCCC(C)(C)NCCO. The number of aliphatic hydroxyl groups excluding tert-OH is 1. The monoisotopic (exact) mass is 337 g/mol. The summed E-state index contributed by atoms with van der Waals surface area (Å²) >= 11 is 0. The Labute approximate surface area is 131 Å². The third-order valence-electron chi connectivity index (χ3n) is 3.62. The second kappa shape index (κ2) is 14.8. The van der Waals surface area contributed by atoms with Crippen LogP contribution < -0.4 is 5.32 Å². The molecule has 0 saturated heterocycles. The molecule has 0 aliphatic heterocycles. The first-order chi connectivity index (χ1) is 8.62. The van der Waals surface area contributed by atoms with Gasteiger partial charge in [0.2, 0.25) is 0 Å². The molecule has 0 amide bonds. The highest BCUT2D eigenvalue weighted by atomic mass is 79.9. The first-order valence-corrected chi connectivity index (χ1v) is 7.98. The van der Waals surface area contributed by atoms with E-state index in [0.29, 0.717) is 6.54 Å². The second-order valence-electron chi connectivity index (χ2n) is 6.11. The summed E-state index contributed by atoms with van der Waals surface area (Å²) in [6.07, 6.45) is 13.7. The molecule has 0 aromatic rings. The highest BCUT2D eigenvalue weighted by Crippen LogP contribution is 2.15. The molecule has 0 rings (SSSR count). The highest BCUT2D eigenvalue weighted by Gasteiger charge is 2.15. The van der Waals surface area contributed by atoms with Crippen molar-refractivity contribution in [3.05, 3.63) is 0 Å². The van der Waals surface area contributed by atoms with E-state index in [1.54, 1.807) is 0 Å². The molecule has 0 atom stereocenters. The quantitative estimate of drug-likeness (QED) is 0.471. The third-order valence-corrected chi connectivity index (χ3v) is 3.62. The third kappa shape index (κ3) is 16.3. The van der Waals surface area contributed by atoms with E-state index in [4.69, 9.17) is 5.11 Å². The fourth-order valence-electron chi connectivity index (χ4n) is 2.36. The van der Waals surface area contributed by atoms with Gasteiger partial charge in [0.15, 0.2) is 0 Å². The van der Waals surface area contributed by atoms with Gasteiger partial charge in [-0.3, -0.25) is 0 Å². The van der Waals surface area contributed by atoms with Crippen LogP contribution in [0.25, 0.3) is 0 Å². The molecule has 0 aliphatic rings. The fraction of sp³-hybridized carbons (Fsp3) is 1.00. The molecule has 3 heteroatoms. The van der Waals surface area contributed by atoms with Crippen LogP contribution in [-0.4, -0.2) is 23.8 Å². The minimum atomic E-state index is 0.